The minimum atomic E-state index is -0.596. The van der Waals surface area contributed by atoms with E-state index in [1.165, 1.54) is 11.3 Å². The lowest BCUT2D eigenvalue weighted by atomic mass is 9.77. The SMILES string of the molecule is O=C1CO[C@@H]2CN(C(=O)c3nc4ccccc4s3)CC[C@@]2(c2ccccc2)N1. The van der Waals surface area contributed by atoms with Crippen LogP contribution in [-0.2, 0) is 15.1 Å². The van der Waals surface area contributed by atoms with Crippen LogP contribution >= 0.6 is 11.3 Å². The van der Waals surface area contributed by atoms with Crippen molar-refractivity contribution in [1.29, 1.82) is 0 Å². The van der Waals surface area contributed by atoms with Crippen molar-refractivity contribution in [3.8, 4) is 0 Å². The summed E-state index contributed by atoms with van der Waals surface area (Å²) in [5, 5.41) is 3.65. The highest BCUT2D eigenvalue weighted by Crippen LogP contribution is 2.37. The Bertz CT molecular complexity index is 1020. The number of carbonyl (C=O) groups is 2. The van der Waals surface area contributed by atoms with Gasteiger partial charge >= 0.3 is 0 Å². The second-order valence-electron chi connectivity index (χ2n) is 7.17. The number of carbonyl (C=O) groups excluding carboxylic acids is 2. The molecule has 0 bridgehead atoms. The van der Waals surface area contributed by atoms with Crippen LogP contribution in [0.3, 0.4) is 0 Å². The third kappa shape index (κ3) is 2.78. The molecule has 2 aliphatic rings. The molecule has 2 fully saturated rings. The van der Waals surface area contributed by atoms with E-state index in [-0.39, 0.29) is 24.5 Å². The maximum absolute atomic E-state index is 13.1. The van der Waals surface area contributed by atoms with E-state index < -0.39 is 5.54 Å². The number of hydrogen-bond donors (Lipinski definition) is 1. The lowest BCUT2D eigenvalue weighted by Crippen LogP contribution is -2.67. The van der Waals surface area contributed by atoms with Crippen LogP contribution in [0.4, 0.5) is 0 Å². The average Bonchev–Trinajstić information content (AvgIpc) is 3.17. The van der Waals surface area contributed by atoms with Crippen molar-refractivity contribution in [3.05, 3.63) is 65.2 Å². The lowest BCUT2D eigenvalue weighted by molar-refractivity contribution is -0.150. The number of para-hydroxylation sites is 1. The van der Waals surface area contributed by atoms with Crippen molar-refractivity contribution >= 4 is 33.4 Å². The predicted molar refractivity (Wildman–Crippen MR) is 106 cm³/mol. The zero-order chi connectivity index (χ0) is 19.1. The molecule has 3 aromatic rings. The van der Waals surface area contributed by atoms with Crippen molar-refractivity contribution < 1.29 is 14.3 Å². The molecule has 2 aromatic carbocycles. The number of aromatic nitrogens is 1. The fourth-order valence-electron chi connectivity index (χ4n) is 4.14. The van der Waals surface area contributed by atoms with Gasteiger partial charge in [0.1, 0.15) is 12.7 Å². The molecule has 0 aliphatic carbocycles. The number of fused-ring (bicyclic) bond motifs is 2. The number of ether oxygens (including phenoxy) is 1. The monoisotopic (exact) mass is 393 g/mol. The molecule has 0 spiro atoms. The number of rotatable bonds is 2. The highest BCUT2D eigenvalue weighted by Gasteiger charge is 2.50. The zero-order valence-corrected chi connectivity index (χ0v) is 15.9. The summed E-state index contributed by atoms with van der Waals surface area (Å²) in [6.45, 7) is 0.968. The number of nitrogens with one attached hydrogen (secondary N) is 1. The first-order chi connectivity index (χ1) is 13.7. The third-order valence-electron chi connectivity index (χ3n) is 5.54. The van der Waals surface area contributed by atoms with Crippen LogP contribution in [0.25, 0.3) is 10.2 Å². The van der Waals surface area contributed by atoms with Crippen molar-refractivity contribution in [3.63, 3.8) is 0 Å². The van der Waals surface area contributed by atoms with Crippen LogP contribution in [0.1, 0.15) is 21.8 Å². The summed E-state index contributed by atoms with van der Waals surface area (Å²) >= 11 is 1.41. The minimum absolute atomic E-state index is 0.0163. The Morgan fingerprint density at radius 3 is 2.79 bits per heavy atom. The maximum Gasteiger partial charge on any atom is 0.282 e. The topological polar surface area (TPSA) is 71.5 Å². The van der Waals surface area contributed by atoms with E-state index in [9.17, 15) is 9.59 Å². The number of thiazole rings is 1. The molecule has 1 N–H and O–H groups in total. The van der Waals surface area contributed by atoms with E-state index in [2.05, 4.69) is 10.3 Å². The van der Waals surface area contributed by atoms with Gasteiger partial charge in [-0.25, -0.2) is 4.98 Å². The van der Waals surface area contributed by atoms with Crippen LogP contribution in [0.5, 0.6) is 0 Å². The summed E-state index contributed by atoms with van der Waals surface area (Å²) in [5.41, 5.74) is 1.26. The molecule has 3 heterocycles. The van der Waals surface area contributed by atoms with Crippen molar-refractivity contribution in [1.82, 2.24) is 15.2 Å². The lowest BCUT2D eigenvalue weighted by Gasteiger charge is -2.50. The molecule has 7 heteroatoms. The molecular weight excluding hydrogens is 374 g/mol. The van der Waals surface area contributed by atoms with Crippen molar-refractivity contribution in [2.45, 2.75) is 18.1 Å². The zero-order valence-electron chi connectivity index (χ0n) is 15.1. The summed E-state index contributed by atoms with van der Waals surface area (Å²) in [5.74, 6) is -0.200. The minimum Gasteiger partial charge on any atom is -0.364 e. The Kier molecular flexibility index (Phi) is 4.14. The smallest absolute Gasteiger partial charge is 0.282 e. The molecule has 0 saturated carbocycles. The van der Waals surface area contributed by atoms with Crippen LogP contribution in [0, 0.1) is 0 Å². The van der Waals surface area contributed by atoms with Gasteiger partial charge in [0.05, 0.1) is 15.8 Å². The van der Waals surface area contributed by atoms with Gasteiger partial charge in [0.15, 0.2) is 5.01 Å². The molecule has 2 saturated heterocycles. The fraction of sp³-hybridized carbons (Fsp3) is 0.286. The van der Waals surface area contributed by atoms with Gasteiger partial charge in [-0.15, -0.1) is 11.3 Å². The molecule has 2 aliphatic heterocycles. The fourth-order valence-corrected chi connectivity index (χ4v) is 5.07. The maximum atomic E-state index is 13.1. The highest BCUT2D eigenvalue weighted by atomic mass is 32.1. The quantitative estimate of drug-likeness (QED) is 0.726. The molecule has 0 radical (unpaired) electrons. The van der Waals surface area contributed by atoms with Gasteiger partial charge in [-0.1, -0.05) is 42.5 Å². The van der Waals surface area contributed by atoms with Gasteiger partial charge in [-0.05, 0) is 24.1 Å². The molecule has 6 nitrogen and oxygen atoms in total. The molecule has 2 atom stereocenters. The Hall–Kier alpha value is -2.77. The largest absolute Gasteiger partial charge is 0.364 e. The van der Waals surface area contributed by atoms with Crippen LogP contribution < -0.4 is 5.32 Å². The number of hydrogen-bond acceptors (Lipinski definition) is 5. The van der Waals surface area contributed by atoms with Crippen molar-refractivity contribution in [2.24, 2.45) is 0 Å². The summed E-state index contributed by atoms with van der Waals surface area (Å²) in [7, 11) is 0. The van der Waals surface area contributed by atoms with E-state index in [1.807, 2.05) is 54.6 Å². The Labute approximate surface area is 166 Å². The second-order valence-corrected chi connectivity index (χ2v) is 8.20. The van der Waals surface area contributed by atoms with E-state index in [4.69, 9.17) is 4.74 Å². The number of benzene rings is 2. The Morgan fingerprint density at radius 2 is 1.96 bits per heavy atom. The molecule has 0 unspecified atom stereocenters. The van der Waals surface area contributed by atoms with E-state index in [0.29, 0.717) is 24.5 Å². The molecule has 1 aromatic heterocycles. The number of morpholine rings is 1. The standard InChI is InChI=1S/C21H19N3O3S/c25-18-13-27-17-12-24(11-10-21(17,23-18)14-6-2-1-3-7-14)20(26)19-22-15-8-4-5-9-16(15)28-19/h1-9,17H,10-13H2,(H,23,25)/t17-,21+/m1/s1. The summed E-state index contributed by atoms with van der Waals surface area (Å²) in [6.07, 6.45) is 0.309. The predicted octanol–water partition coefficient (Wildman–Crippen LogP) is 2.55. The second kappa shape index (κ2) is 6.68. The number of nitrogens with zero attached hydrogens (tertiary/aromatic N) is 2. The first kappa shape index (κ1) is 17.3. The summed E-state index contributed by atoms with van der Waals surface area (Å²) in [4.78, 5) is 31.5. The van der Waals surface area contributed by atoms with Crippen LogP contribution in [-0.4, -0.2) is 47.5 Å². The number of likely N-dealkylation sites (tertiary alicyclic amines) is 1. The third-order valence-corrected chi connectivity index (χ3v) is 6.57. The van der Waals surface area contributed by atoms with E-state index in [1.54, 1.807) is 4.90 Å². The van der Waals surface area contributed by atoms with Gasteiger partial charge in [-0.2, -0.15) is 0 Å². The first-order valence-corrected chi connectivity index (χ1v) is 10.1. The van der Waals surface area contributed by atoms with Gasteiger partial charge in [0.25, 0.3) is 5.91 Å². The summed E-state index contributed by atoms with van der Waals surface area (Å²) in [6, 6.07) is 17.6. The van der Waals surface area contributed by atoms with E-state index in [0.717, 1.165) is 15.8 Å². The first-order valence-electron chi connectivity index (χ1n) is 9.29. The molecule has 28 heavy (non-hydrogen) atoms. The number of amides is 2. The molecule has 142 valence electrons. The highest BCUT2D eigenvalue weighted by molar-refractivity contribution is 7.20. The average molecular weight is 393 g/mol. The number of piperidine rings is 1. The molecular formula is C21H19N3O3S. The van der Waals surface area contributed by atoms with Gasteiger partial charge in [0, 0.05) is 13.1 Å². The van der Waals surface area contributed by atoms with Crippen molar-refractivity contribution in [2.75, 3.05) is 19.7 Å². The Morgan fingerprint density at radius 1 is 1.18 bits per heavy atom. The van der Waals surface area contributed by atoms with Gasteiger partial charge < -0.3 is 15.0 Å². The molecule has 5 rings (SSSR count). The summed E-state index contributed by atoms with van der Waals surface area (Å²) < 4.78 is 6.91. The van der Waals surface area contributed by atoms with Gasteiger partial charge in [0.2, 0.25) is 5.91 Å². The van der Waals surface area contributed by atoms with Gasteiger partial charge in [-0.3, -0.25) is 9.59 Å². The van der Waals surface area contributed by atoms with E-state index >= 15 is 0 Å². The molecule has 2 amide bonds. The van der Waals surface area contributed by atoms with Crippen LogP contribution in [0.2, 0.25) is 0 Å². The van der Waals surface area contributed by atoms with Crippen LogP contribution in [0.15, 0.2) is 54.6 Å². The normalized spacial score (nSPS) is 24.6. The Balaban J connectivity index is 1.43.